The van der Waals surface area contributed by atoms with Crippen LogP contribution in [0.4, 0.5) is 0 Å². The van der Waals surface area contributed by atoms with Gasteiger partial charge < -0.3 is 0 Å². The van der Waals surface area contributed by atoms with Crippen LogP contribution in [-0.4, -0.2) is 0 Å². The quantitative estimate of drug-likeness (QED) is 0.179. The lowest BCUT2D eigenvalue weighted by Crippen LogP contribution is -1.91. The molecular weight excluding hydrogens is 432 g/mol. The molecule has 0 nitrogen and oxygen atoms in total. The fourth-order valence-electron chi connectivity index (χ4n) is 5.08. The molecule has 0 radical (unpaired) electrons. The van der Waals surface area contributed by atoms with E-state index in [9.17, 15) is 0 Å². The molecule has 0 aliphatic heterocycles. The molecule has 0 fully saturated rings. The molecule has 0 N–H and O–H groups in total. The largest absolute Gasteiger partial charge is 0.0654 e. The predicted octanol–water partition coefficient (Wildman–Crippen LogP) is 10.7. The number of unbranched alkanes of at least 4 members (excludes halogenated alkanes) is 4. The monoisotopic (exact) mass is 474 g/mol. The van der Waals surface area contributed by atoms with Crippen molar-refractivity contribution < 1.29 is 0 Å². The summed E-state index contributed by atoms with van der Waals surface area (Å²) in [6.07, 6.45) is 11.2. The van der Waals surface area contributed by atoms with Crippen LogP contribution in [0.1, 0.15) is 76.0 Å². The molecule has 0 aromatic heterocycles. The number of benzene rings is 4. The topological polar surface area (TPSA) is 0 Å². The van der Waals surface area contributed by atoms with Crippen molar-refractivity contribution in [3.8, 4) is 33.4 Å². The van der Waals surface area contributed by atoms with E-state index in [0.717, 1.165) is 6.42 Å². The van der Waals surface area contributed by atoms with E-state index in [1.165, 1.54) is 101 Å². The maximum atomic E-state index is 2.38. The van der Waals surface area contributed by atoms with E-state index in [-0.39, 0.29) is 0 Å². The van der Waals surface area contributed by atoms with Crippen molar-refractivity contribution in [3.63, 3.8) is 0 Å². The summed E-state index contributed by atoms with van der Waals surface area (Å²) in [4.78, 5) is 0. The third kappa shape index (κ3) is 6.76. The highest BCUT2D eigenvalue weighted by molar-refractivity contribution is 5.76. The SMILES string of the molecule is CCCCCc1ccc(-c2ccc(-c3ccc(-c4ccc(CCCCC)cc4)cc3CC)cc2)cc1. The van der Waals surface area contributed by atoms with Crippen molar-refractivity contribution in [3.05, 3.63) is 108 Å². The summed E-state index contributed by atoms with van der Waals surface area (Å²) < 4.78 is 0. The molecule has 0 heterocycles. The summed E-state index contributed by atoms with van der Waals surface area (Å²) in [5, 5.41) is 0. The van der Waals surface area contributed by atoms with Gasteiger partial charge >= 0.3 is 0 Å². The zero-order valence-corrected chi connectivity index (χ0v) is 22.5. The molecule has 0 aliphatic rings. The smallest absolute Gasteiger partial charge is 0.0152 e. The summed E-state index contributed by atoms with van der Waals surface area (Å²) in [6.45, 7) is 6.79. The van der Waals surface area contributed by atoms with Crippen molar-refractivity contribution in [1.82, 2.24) is 0 Å². The molecule has 0 saturated carbocycles. The first-order valence-electron chi connectivity index (χ1n) is 14.1. The Labute approximate surface area is 219 Å². The summed E-state index contributed by atoms with van der Waals surface area (Å²) >= 11 is 0. The van der Waals surface area contributed by atoms with Crippen LogP contribution in [-0.2, 0) is 19.3 Å². The normalized spacial score (nSPS) is 11.1. The standard InChI is InChI=1S/C36H42/c1-4-7-9-11-28-13-17-31(18-14-28)32-21-23-34(24-22-32)36-26-25-35(27-30(36)6-3)33-19-15-29(16-20-33)12-10-8-5-2/h13-27H,4-12H2,1-3H3. The van der Waals surface area contributed by atoms with Gasteiger partial charge in [0.05, 0.1) is 0 Å². The van der Waals surface area contributed by atoms with Gasteiger partial charge in [0.15, 0.2) is 0 Å². The molecule has 0 atom stereocenters. The van der Waals surface area contributed by atoms with Gasteiger partial charge in [0.2, 0.25) is 0 Å². The van der Waals surface area contributed by atoms with Gasteiger partial charge in [-0.15, -0.1) is 0 Å². The zero-order valence-electron chi connectivity index (χ0n) is 22.5. The van der Waals surface area contributed by atoms with Crippen LogP contribution in [0.25, 0.3) is 33.4 Å². The van der Waals surface area contributed by atoms with E-state index in [4.69, 9.17) is 0 Å². The lowest BCUT2D eigenvalue weighted by molar-refractivity contribution is 0.717. The molecule has 0 heteroatoms. The van der Waals surface area contributed by atoms with Crippen molar-refractivity contribution in [2.45, 2.75) is 78.6 Å². The van der Waals surface area contributed by atoms with E-state index < -0.39 is 0 Å². The van der Waals surface area contributed by atoms with Crippen molar-refractivity contribution in [2.75, 3.05) is 0 Å². The Bertz CT molecular complexity index is 1190. The first-order chi connectivity index (χ1) is 17.7. The van der Waals surface area contributed by atoms with Crippen LogP contribution in [0.15, 0.2) is 91.0 Å². The van der Waals surface area contributed by atoms with Gasteiger partial charge in [-0.3, -0.25) is 0 Å². The minimum absolute atomic E-state index is 1.03. The second-order valence-corrected chi connectivity index (χ2v) is 10.1. The van der Waals surface area contributed by atoms with Gasteiger partial charge in [-0.2, -0.15) is 0 Å². The molecule has 0 spiro atoms. The number of rotatable bonds is 12. The van der Waals surface area contributed by atoms with Gasteiger partial charge in [-0.25, -0.2) is 0 Å². The predicted molar refractivity (Wildman–Crippen MR) is 159 cm³/mol. The van der Waals surface area contributed by atoms with Gasteiger partial charge in [-0.05, 0) is 82.2 Å². The van der Waals surface area contributed by atoms with Gasteiger partial charge in [0, 0.05) is 0 Å². The molecule has 0 bridgehead atoms. The van der Waals surface area contributed by atoms with Gasteiger partial charge in [0.1, 0.15) is 0 Å². The maximum Gasteiger partial charge on any atom is -0.0152 e. The van der Waals surface area contributed by atoms with E-state index in [1.807, 2.05) is 0 Å². The lowest BCUT2D eigenvalue weighted by Gasteiger charge is -2.13. The molecule has 0 unspecified atom stereocenters. The van der Waals surface area contributed by atoms with Gasteiger partial charge in [-0.1, -0.05) is 137 Å². The van der Waals surface area contributed by atoms with E-state index >= 15 is 0 Å². The molecule has 4 aromatic rings. The van der Waals surface area contributed by atoms with Crippen LogP contribution in [0.2, 0.25) is 0 Å². The Balaban J connectivity index is 1.47. The van der Waals surface area contributed by atoms with E-state index in [1.54, 1.807) is 0 Å². The van der Waals surface area contributed by atoms with Crippen molar-refractivity contribution in [2.24, 2.45) is 0 Å². The first-order valence-corrected chi connectivity index (χ1v) is 14.1. The Hall–Kier alpha value is -3.12. The number of hydrogen-bond donors (Lipinski definition) is 0. The average Bonchev–Trinajstić information content (AvgIpc) is 2.94. The molecule has 0 saturated heterocycles. The summed E-state index contributed by atoms with van der Waals surface area (Å²) in [6, 6.07) is 34.4. The highest BCUT2D eigenvalue weighted by Crippen LogP contribution is 2.31. The minimum atomic E-state index is 1.03. The highest BCUT2D eigenvalue weighted by Gasteiger charge is 2.08. The van der Waals surface area contributed by atoms with E-state index in [0.29, 0.717) is 0 Å². The first kappa shape index (κ1) is 26.0. The molecular formula is C36H42. The average molecular weight is 475 g/mol. The van der Waals surface area contributed by atoms with Gasteiger partial charge in [0.25, 0.3) is 0 Å². The van der Waals surface area contributed by atoms with Crippen LogP contribution in [0, 0.1) is 0 Å². The molecule has 0 aliphatic carbocycles. The minimum Gasteiger partial charge on any atom is -0.0654 e. The zero-order chi connectivity index (χ0) is 25.2. The second kappa shape index (κ2) is 13.3. The lowest BCUT2D eigenvalue weighted by atomic mass is 9.92. The Kier molecular flexibility index (Phi) is 9.56. The molecule has 186 valence electrons. The Morgan fingerprint density at radius 1 is 0.417 bits per heavy atom. The fourth-order valence-corrected chi connectivity index (χ4v) is 5.08. The number of aryl methyl sites for hydroxylation is 3. The highest BCUT2D eigenvalue weighted by atomic mass is 14.1. The molecule has 4 rings (SSSR count). The van der Waals surface area contributed by atoms with E-state index in [2.05, 4.69) is 112 Å². The van der Waals surface area contributed by atoms with Crippen LogP contribution < -0.4 is 0 Å². The third-order valence-electron chi connectivity index (χ3n) is 7.39. The van der Waals surface area contributed by atoms with Crippen molar-refractivity contribution >= 4 is 0 Å². The summed E-state index contributed by atoms with van der Waals surface area (Å²) in [5.74, 6) is 0. The molecule has 0 amide bonds. The summed E-state index contributed by atoms with van der Waals surface area (Å²) in [5.41, 5.74) is 12.1. The Morgan fingerprint density at radius 2 is 0.833 bits per heavy atom. The maximum absolute atomic E-state index is 2.38. The van der Waals surface area contributed by atoms with Crippen LogP contribution in [0.5, 0.6) is 0 Å². The number of hydrogen-bond acceptors (Lipinski definition) is 0. The van der Waals surface area contributed by atoms with Crippen LogP contribution in [0.3, 0.4) is 0 Å². The Morgan fingerprint density at radius 3 is 1.31 bits per heavy atom. The fraction of sp³-hybridized carbons (Fsp3) is 0.333. The van der Waals surface area contributed by atoms with Crippen molar-refractivity contribution in [1.29, 1.82) is 0 Å². The molecule has 4 aromatic carbocycles. The molecule has 36 heavy (non-hydrogen) atoms. The summed E-state index contributed by atoms with van der Waals surface area (Å²) in [7, 11) is 0. The third-order valence-corrected chi connectivity index (χ3v) is 7.39. The second-order valence-electron chi connectivity index (χ2n) is 10.1. The van der Waals surface area contributed by atoms with Crippen LogP contribution >= 0.6 is 0 Å².